The second-order valence-electron chi connectivity index (χ2n) is 3.35. The van der Waals surface area contributed by atoms with E-state index in [-0.39, 0.29) is 19.4 Å². The summed E-state index contributed by atoms with van der Waals surface area (Å²) in [6.45, 7) is 2.03. The lowest BCUT2D eigenvalue weighted by atomic mass is 10.3. The molecule has 0 aromatic carbocycles. The molecular formula is C10H15Cl3O4. The van der Waals surface area contributed by atoms with Gasteiger partial charge < -0.3 is 9.47 Å². The van der Waals surface area contributed by atoms with Gasteiger partial charge in [0.1, 0.15) is 6.61 Å². The van der Waals surface area contributed by atoms with Crippen LogP contribution in [0.2, 0.25) is 0 Å². The van der Waals surface area contributed by atoms with E-state index in [9.17, 15) is 9.59 Å². The average Bonchev–Trinajstić information content (AvgIpc) is 2.23. The van der Waals surface area contributed by atoms with Gasteiger partial charge in [0.25, 0.3) is 0 Å². The van der Waals surface area contributed by atoms with Crippen LogP contribution in [0.5, 0.6) is 0 Å². The molecule has 0 spiro atoms. The fourth-order valence-electron chi connectivity index (χ4n) is 0.841. The van der Waals surface area contributed by atoms with E-state index in [0.717, 1.165) is 12.8 Å². The first kappa shape index (κ1) is 16.8. The third kappa shape index (κ3) is 12.1. The van der Waals surface area contributed by atoms with Crippen molar-refractivity contribution < 1.29 is 19.1 Å². The predicted octanol–water partition coefficient (Wildman–Crippen LogP) is 3.02. The van der Waals surface area contributed by atoms with Gasteiger partial charge in [0.05, 0.1) is 19.4 Å². The highest BCUT2D eigenvalue weighted by molar-refractivity contribution is 6.67. The van der Waals surface area contributed by atoms with Gasteiger partial charge in [-0.25, -0.2) is 0 Å². The predicted molar refractivity (Wildman–Crippen MR) is 66.4 cm³/mol. The van der Waals surface area contributed by atoms with E-state index in [2.05, 4.69) is 4.74 Å². The fraction of sp³-hybridized carbons (Fsp3) is 0.800. The smallest absolute Gasteiger partial charge is 0.306 e. The summed E-state index contributed by atoms with van der Waals surface area (Å²) in [5.41, 5.74) is 0. The van der Waals surface area contributed by atoms with Crippen LogP contribution in [0.4, 0.5) is 0 Å². The Labute approximate surface area is 115 Å². The number of halogens is 3. The molecule has 0 fully saturated rings. The van der Waals surface area contributed by atoms with Crippen molar-refractivity contribution in [2.45, 2.75) is 36.4 Å². The average molecular weight is 306 g/mol. The van der Waals surface area contributed by atoms with Crippen LogP contribution in [0, 0.1) is 0 Å². The first-order valence-corrected chi connectivity index (χ1v) is 6.36. The SMILES string of the molecule is CCCCOC(=O)CCC(=O)OCC(Cl)(Cl)Cl. The highest BCUT2D eigenvalue weighted by Crippen LogP contribution is 2.26. The summed E-state index contributed by atoms with van der Waals surface area (Å²) in [6, 6.07) is 0. The summed E-state index contributed by atoms with van der Waals surface area (Å²) in [5, 5.41) is 0. The van der Waals surface area contributed by atoms with E-state index in [1.54, 1.807) is 0 Å². The largest absolute Gasteiger partial charge is 0.466 e. The molecule has 0 aliphatic heterocycles. The minimum atomic E-state index is -1.63. The van der Waals surface area contributed by atoms with Crippen molar-refractivity contribution in [3.63, 3.8) is 0 Å². The zero-order chi connectivity index (χ0) is 13.3. The summed E-state index contributed by atoms with van der Waals surface area (Å²) in [4.78, 5) is 22.2. The Bertz CT molecular complexity index is 250. The normalized spacial score (nSPS) is 11.1. The first-order valence-electron chi connectivity index (χ1n) is 5.23. The van der Waals surface area contributed by atoms with Gasteiger partial charge in [-0.15, -0.1) is 0 Å². The van der Waals surface area contributed by atoms with Crippen molar-refractivity contribution >= 4 is 46.7 Å². The summed E-state index contributed by atoms with van der Waals surface area (Å²) < 4.78 is 7.87. The van der Waals surface area contributed by atoms with Crippen LogP contribution >= 0.6 is 34.8 Å². The molecule has 0 aliphatic rings. The van der Waals surface area contributed by atoms with Crippen LogP contribution < -0.4 is 0 Å². The molecule has 0 radical (unpaired) electrons. The van der Waals surface area contributed by atoms with Crippen LogP contribution in [0.1, 0.15) is 32.6 Å². The van der Waals surface area contributed by atoms with E-state index < -0.39 is 15.7 Å². The monoisotopic (exact) mass is 304 g/mol. The number of hydrogen-bond donors (Lipinski definition) is 0. The van der Waals surface area contributed by atoms with Crippen molar-refractivity contribution in [3.05, 3.63) is 0 Å². The van der Waals surface area contributed by atoms with Gasteiger partial charge in [-0.05, 0) is 6.42 Å². The molecule has 0 saturated heterocycles. The molecule has 0 amide bonds. The lowest BCUT2D eigenvalue weighted by Gasteiger charge is -2.10. The summed E-state index contributed by atoms with van der Waals surface area (Å²) in [7, 11) is 0. The zero-order valence-corrected chi connectivity index (χ0v) is 11.8. The van der Waals surface area contributed by atoms with E-state index in [1.807, 2.05) is 6.92 Å². The van der Waals surface area contributed by atoms with E-state index in [4.69, 9.17) is 39.5 Å². The molecule has 0 bridgehead atoms. The number of esters is 2. The minimum absolute atomic E-state index is 0.0254. The lowest BCUT2D eigenvalue weighted by Crippen LogP contribution is -2.18. The van der Waals surface area contributed by atoms with Gasteiger partial charge in [0, 0.05) is 0 Å². The molecule has 0 N–H and O–H groups in total. The van der Waals surface area contributed by atoms with E-state index >= 15 is 0 Å². The number of unbranched alkanes of at least 4 members (excludes halogenated alkanes) is 1. The Morgan fingerprint density at radius 3 is 2.06 bits per heavy atom. The molecule has 0 aromatic heterocycles. The maximum atomic E-state index is 11.1. The van der Waals surface area contributed by atoms with Crippen molar-refractivity contribution in [2.75, 3.05) is 13.2 Å². The van der Waals surface area contributed by atoms with Gasteiger partial charge >= 0.3 is 11.9 Å². The van der Waals surface area contributed by atoms with Gasteiger partial charge in [-0.1, -0.05) is 48.1 Å². The lowest BCUT2D eigenvalue weighted by molar-refractivity contribution is -0.150. The second kappa shape index (κ2) is 8.84. The number of ether oxygens (including phenoxy) is 2. The van der Waals surface area contributed by atoms with Crippen molar-refractivity contribution in [2.24, 2.45) is 0 Å². The number of hydrogen-bond acceptors (Lipinski definition) is 4. The van der Waals surface area contributed by atoms with Crippen molar-refractivity contribution in [1.29, 1.82) is 0 Å². The van der Waals surface area contributed by atoms with Crippen molar-refractivity contribution in [3.8, 4) is 0 Å². The van der Waals surface area contributed by atoms with Crippen LogP contribution in [-0.2, 0) is 19.1 Å². The molecule has 100 valence electrons. The Hall–Kier alpha value is -0.190. The molecule has 0 aliphatic carbocycles. The highest BCUT2D eigenvalue weighted by atomic mass is 35.6. The Balaban J connectivity index is 3.59. The fourth-order valence-corrected chi connectivity index (χ4v) is 1.00. The Kier molecular flexibility index (Phi) is 8.74. The molecular weight excluding hydrogens is 290 g/mol. The third-order valence-corrected chi connectivity index (χ3v) is 2.02. The van der Waals surface area contributed by atoms with Gasteiger partial charge in [-0.2, -0.15) is 0 Å². The molecule has 7 heteroatoms. The zero-order valence-electron chi connectivity index (χ0n) is 9.51. The molecule has 0 atom stereocenters. The molecule has 0 saturated carbocycles. The van der Waals surface area contributed by atoms with Crippen molar-refractivity contribution in [1.82, 2.24) is 0 Å². The highest BCUT2D eigenvalue weighted by Gasteiger charge is 2.22. The summed E-state index contributed by atoms with van der Waals surface area (Å²) in [5.74, 6) is -1.02. The molecule has 0 aromatic rings. The summed E-state index contributed by atoms with van der Waals surface area (Å²) >= 11 is 16.2. The number of carbonyl (C=O) groups is 2. The number of carbonyl (C=O) groups excluding carboxylic acids is 2. The molecule has 0 heterocycles. The van der Waals surface area contributed by atoms with Gasteiger partial charge in [0.15, 0.2) is 0 Å². The molecule has 17 heavy (non-hydrogen) atoms. The van der Waals surface area contributed by atoms with E-state index in [0.29, 0.717) is 6.61 Å². The molecule has 0 rings (SSSR count). The van der Waals surface area contributed by atoms with Gasteiger partial charge in [-0.3, -0.25) is 9.59 Å². The minimum Gasteiger partial charge on any atom is -0.466 e. The maximum Gasteiger partial charge on any atom is 0.306 e. The topological polar surface area (TPSA) is 52.6 Å². The Morgan fingerprint density at radius 1 is 1.06 bits per heavy atom. The second-order valence-corrected chi connectivity index (χ2v) is 5.87. The van der Waals surface area contributed by atoms with Gasteiger partial charge in [0.2, 0.25) is 3.79 Å². The first-order chi connectivity index (χ1) is 7.85. The van der Waals surface area contributed by atoms with Crippen LogP contribution in [0.25, 0.3) is 0 Å². The quantitative estimate of drug-likeness (QED) is 0.412. The van der Waals surface area contributed by atoms with Crippen LogP contribution in [0.15, 0.2) is 0 Å². The molecule has 4 nitrogen and oxygen atoms in total. The molecule has 0 unspecified atom stereocenters. The van der Waals surface area contributed by atoms with E-state index in [1.165, 1.54) is 0 Å². The number of rotatable bonds is 7. The number of alkyl halides is 3. The van der Waals surface area contributed by atoms with Crippen LogP contribution in [-0.4, -0.2) is 28.9 Å². The maximum absolute atomic E-state index is 11.1. The Morgan fingerprint density at radius 2 is 1.59 bits per heavy atom. The van der Waals surface area contributed by atoms with Crippen LogP contribution in [0.3, 0.4) is 0 Å². The summed E-state index contributed by atoms with van der Waals surface area (Å²) in [6.07, 6.45) is 1.65. The standard InChI is InChI=1S/C10H15Cl3O4/c1-2-3-6-16-8(14)4-5-9(15)17-7-10(11,12)13/h2-7H2,1H3. The third-order valence-electron chi connectivity index (χ3n) is 1.69.